The number of ketones is 1. The molecule has 3 aliphatic carbocycles. The summed E-state index contributed by atoms with van der Waals surface area (Å²) in [5.74, 6) is 4.73. The molecule has 3 fully saturated rings. The highest BCUT2D eigenvalue weighted by molar-refractivity contribution is 5.79. The second-order valence-corrected chi connectivity index (χ2v) is 11.8. The Morgan fingerprint density at radius 3 is 2.32 bits per heavy atom. The van der Waals surface area contributed by atoms with Gasteiger partial charge in [-0.05, 0) is 93.8 Å². The second kappa shape index (κ2) is 17.7. The lowest BCUT2D eigenvalue weighted by molar-refractivity contribution is -0.121. The average Bonchev–Trinajstić information content (AvgIpc) is 3.53. The van der Waals surface area contributed by atoms with Crippen LogP contribution in [-0.4, -0.2) is 50.3 Å². The molecule has 2 bridgehead atoms. The first-order valence-corrected chi connectivity index (χ1v) is 14.7. The average molecular weight is 518 g/mol. The lowest BCUT2D eigenvalue weighted by Crippen LogP contribution is -2.36. The smallest absolute Gasteiger partial charge is 0.133 e. The lowest BCUT2D eigenvalue weighted by Gasteiger charge is -2.35. The van der Waals surface area contributed by atoms with Gasteiger partial charge in [0.1, 0.15) is 18.7 Å². The van der Waals surface area contributed by atoms with Gasteiger partial charge in [0.15, 0.2) is 0 Å². The maximum Gasteiger partial charge on any atom is 0.133 e. The number of nitrogens with two attached hydrogens (primary N) is 1. The number of nitrogens with zero attached hydrogens (tertiary/aromatic N) is 2. The van der Waals surface area contributed by atoms with Crippen molar-refractivity contribution in [1.82, 2.24) is 4.90 Å². The van der Waals surface area contributed by atoms with E-state index in [0.717, 1.165) is 102 Å². The summed E-state index contributed by atoms with van der Waals surface area (Å²) in [6, 6.07) is 0. The minimum Gasteiger partial charge on any atom is -0.497 e. The van der Waals surface area contributed by atoms with Crippen LogP contribution in [0.2, 0.25) is 0 Å². The molecule has 4 unspecified atom stereocenters. The Bertz CT molecular complexity index is 726. The van der Waals surface area contributed by atoms with Crippen LogP contribution in [0.3, 0.4) is 0 Å². The summed E-state index contributed by atoms with van der Waals surface area (Å²) in [5, 5.41) is 6.50. The van der Waals surface area contributed by atoms with Crippen molar-refractivity contribution in [3.05, 3.63) is 11.3 Å². The second-order valence-electron chi connectivity index (χ2n) is 11.8. The SMILES string of the molecule is C#N.CCCC(=O)CC12CC(=C(OCCN3CCC(C=O)CC3)C1)CC(C)C2.CCCC1CC1C.CN. The first-order chi connectivity index (χ1) is 17.9. The summed E-state index contributed by atoms with van der Waals surface area (Å²) in [5.41, 5.74) is 6.13. The maximum absolute atomic E-state index is 12.3. The predicted molar refractivity (Wildman–Crippen MR) is 152 cm³/mol. The number of fused-ring (bicyclic) bond motifs is 2. The number of carbonyl (C=O) groups excluding carboxylic acids is 2. The third-order valence-corrected chi connectivity index (χ3v) is 8.44. The molecule has 1 saturated heterocycles. The number of Topliss-reactive ketones (excluding diaryl/α,β-unsaturated/α-hetero) is 1. The van der Waals surface area contributed by atoms with E-state index in [4.69, 9.17) is 10.00 Å². The van der Waals surface area contributed by atoms with Crippen LogP contribution in [0.5, 0.6) is 0 Å². The Labute approximate surface area is 227 Å². The van der Waals surface area contributed by atoms with Gasteiger partial charge >= 0.3 is 0 Å². The van der Waals surface area contributed by atoms with Crippen LogP contribution in [0.15, 0.2) is 11.3 Å². The molecule has 0 spiro atoms. The molecule has 212 valence electrons. The van der Waals surface area contributed by atoms with Crippen molar-refractivity contribution in [3.8, 4) is 6.57 Å². The fourth-order valence-corrected chi connectivity index (χ4v) is 6.56. The van der Waals surface area contributed by atoms with Gasteiger partial charge in [0.2, 0.25) is 0 Å². The van der Waals surface area contributed by atoms with E-state index < -0.39 is 0 Å². The standard InChI is InChI=1S/C22H35NO3.C7H14.CH5N.CHN/c1-3-4-20(25)14-22-12-17(2)11-19(13-22)21(15-22)26-10-9-23-7-5-18(16-24)6-8-23;1-3-4-7-5-6(7)2;2*1-2/h16-18H,3-15H2,1-2H3;6-7H,3-5H2,1-2H3;2H2,1H3;1H. The summed E-state index contributed by atoms with van der Waals surface area (Å²) in [4.78, 5) is 25.6. The van der Waals surface area contributed by atoms with Gasteiger partial charge in [-0.15, -0.1) is 0 Å². The van der Waals surface area contributed by atoms with Gasteiger partial charge in [-0.2, -0.15) is 0 Å². The van der Waals surface area contributed by atoms with Gasteiger partial charge in [0.05, 0.1) is 5.76 Å². The Hall–Kier alpha value is -1.71. The van der Waals surface area contributed by atoms with Crippen LogP contribution in [0.4, 0.5) is 0 Å². The quantitative estimate of drug-likeness (QED) is 0.323. The molecule has 0 aromatic rings. The highest BCUT2D eigenvalue weighted by atomic mass is 16.5. The van der Waals surface area contributed by atoms with Crippen LogP contribution >= 0.6 is 0 Å². The van der Waals surface area contributed by atoms with E-state index >= 15 is 0 Å². The molecule has 0 aromatic carbocycles. The molecular weight excluding hydrogens is 462 g/mol. The molecule has 4 rings (SSSR count). The molecule has 4 aliphatic rings. The Morgan fingerprint density at radius 2 is 1.81 bits per heavy atom. The zero-order valence-electron chi connectivity index (χ0n) is 24.5. The zero-order valence-corrected chi connectivity index (χ0v) is 24.5. The first-order valence-electron chi connectivity index (χ1n) is 14.7. The summed E-state index contributed by atoms with van der Waals surface area (Å²) in [6.45, 7) is 16.2. The van der Waals surface area contributed by atoms with Gasteiger partial charge in [-0.25, -0.2) is 5.26 Å². The number of likely N-dealkylation sites (tertiary alicyclic amines) is 1. The Kier molecular flexibility index (Phi) is 16.0. The minimum absolute atomic E-state index is 0.150. The van der Waals surface area contributed by atoms with Crippen LogP contribution in [-0.2, 0) is 14.3 Å². The number of aldehydes is 1. The normalized spacial score (nSPS) is 28.5. The molecule has 0 amide bonds. The first kappa shape index (κ1) is 33.3. The van der Waals surface area contributed by atoms with Crippen molar-refractivity contribution < 1.29 is 14.3 Å². The molecule has 1 aliphatic heterocycles. The van der Waals surface area contributed by atoms with Crippen molar-refractivity contribution in [3.63, 3.8) is 0 Å². The molecule has 0 aromatic heterocycles. The fourth-order valence-electron chi connectivity index (χ4n) is 6.56. The summed E-state index contributed by atoms with van der Waals surface area (Å²) in [7, 11) is 1.50. The van der Waals surface area contributed by atoms with Gasteiger partial charge in [0, 0.05) is 38.3 Å². The van der Waals surface area contributed by atoms with Gasteiger partial charge in [0.25, 0.3) is 0 Å². The molecule has 6 heteroatoms. The topological polar surface area (TPSA) is 96.4 Å². The van der Waals surface area contributed by atoms with E-state index in [1.807, 2.05) is 0 Å². The van der Waals surface area contributed by atoms with Crippen LogP contribution in [0.25, 0.3) is 0 Å². The van der Waals surface area contributed by atoms with Crippen molar-refractivity contribution in [2.45, 2.75) is 105 Å². The summed E-state index contributed by atoms with van der Waals surface area (Å²) < 4.78 is 6.24. The number of hydrogen-bond acceptors (Lipinski definition) is 6. The molecule has 37 heavy (non-hydrogen) atoms. The third kappa shape index (κ3) is 11.3. The Balaban J connectivity index is 0.000000525. The number of piperidine rings is 1. The van der Waals surface area contributed by atoms with E-state index in [9.17, 15) is 9.59 Å². The van der Waals surface area contributed by atoms with Crippen LogP contribution in [0.1, 0.15) is 105 Å². The fraction of sp³-hybridized carbons (Fsp3) is 0.839. The molecule has 1 heterocycles. The molecule has 4 atom stereocenters. The molecular formula is C31H55N3O3. The molecule has 6 nitrogen and oxygen atoms in total. The number of rotatable bonds is 11. The number of nitriles is 1. The van der Waals surface area contributed by atoms with Gasteiger partial charge in [-0.1, -0.05) is 40.5 Å². The van der Waals surface area contributed by atoms with Crippen LogP contribution < -0.4 is 5.73 Å². The van der Waals surface area contributed by atoms with Crippen LogP contribution in [0, 0.1) is 40.9 Å². The van der Waals surface area contributed by atoms with E-state index in [1.165, 1.54) is 37.6 Å². The van der Waals surface area contributed by atoms with Crippen molar-refractivity contribution in [1.29, 1.82) is 5.26 Å². The highest BCUT2D eigenvalue weighted by Gasteiger charge is 2.45. The van der Waals surface area contributed by atoms with E-state index in [-0.39, 0.29) is 11.3 Å². The number of ether oxygens (including phenoxy) is 1. The van der Waals surface area contributed by atoms with E-state index in [1.54, 1.807) is 0 Å². The summed E-state index contributed by atoms with van der Waals surface area (Å²) in [6.07, 6.45) is 14.2. The van der Waals surface area contributed by atoms with E-state index in [2.05, 4.69) is 44.9 Å². The summed E-state index contributed by atoms with van der Waals surface area (Å²) >= 11 is 0. The number of carbonyl (C=O) groups is 2. The van der Waals surface area contributed by atoms with Gasteiger partial charge in [-0.3, -0.25) is 9.69 Å². The number of hydrogen-bond donors (Lipinski definition) is 1. The largest absolute Gasteiger partial charge is 0.497 e. The lowest BCUT2D eigenvalue weighted by atomic mass is 9.68. The molecule has 0 radical (unpaired) electrons. The van der Waals surface area contributed by atoms with E-state index in [0.29, 0.717) is 11.7 Å². The molecule has 2 N–H and O–H groups in total. The molecule has 2 saturated carbocycles. The van der Waals surface area contributed by atoms with Crippen molar-refractivity contribution in [2.24, 2.45) is 34.8 Å². The maximum atomic E-state index is 12.3. The third-order valence-electron chi connectivity index (χ3n) is 8.44. The van der Waals surface area contributed by atoms with Crippen molar-refractivity contribution >= 4 is 12.1 Å². The van der Waals surface area contributed by atoms with Gasteiger partial charge < -0.3 is 15.3 Å². The predicted octanol–water partition coefficient (Wildman–Crippen LogP) is 6.29. The Morgan fingerprint density at radius 1 is 1.16 bits per heavy atom. The zero-order chi connectivity index (χ0) is 27.8. The highest BCUT2D eigenvalue weighted by Crippen LogP contribution is 2.55. The van der Waals surface area contributed by atoms with Crippen molar-refractivity contribution in [2.75, 3.05) is 33.3 Å². The monoisotopic (exact) mass is 517 g/mol. The minimum atomic E-state index is 0.150. The number of allylic oxidation sites excluding steroid dienone is 2.